The van der Waals surface area contributed by atoms with Gasteiger partial charge in [-0.25, -0.2) is 4.39 Å². The maximum absolute atomic E-state index is 12.7. The van der Waals surface area contributed by atoms with Crippen LogP contribution in [0.2, 0.25) is 0 Å². The highest BCUT2D eigenvalue weighted by molar-refractivity contribution is 5.93. The predicted molar refractivity (Wildman–Crippen MR) is 123 cm³/mol. The molecule has 168 valence electrons. The molecule has 1 fully saturated rings. The number of pyridine rings is 1. The molecule has 1 saturated carbocycles. The van der Waals surface area contributed by atoms with E-state index in [1.54, 1.807) is 49.5 Å². The Bertz CT molecular complexity index is 1100. The first-order valence-corrected chi connectivity index (χ1v) is 10.4. The first-order valence-electron chi connectivity index (χ1n) is 10.4. The number of nitrogens with zero attached hydrogens (tertiary/aromatic N) is 1. The molecule has 0 atom stereocenters. The number of amides is 2. The third-order valence-electron chi connectivity index (χ3n) is 4.96. The van der Waals surface area contributed by atoms with Gasteiger partial charge in [0.2, 0.25) is 11.8 Å². The minimum absolute atomic E-state index is 0.116. The molecule has 32 heavy (non-hydrogen) atoms. The van der Waals surface area contributed by atoms with Gasteiger partial charge in [-0.15, -0.1) is 0 Å². The van der Waals surface area contributed by atoms with E-state index in [4.69, 9.17) is 11.5 Å². The van der Waals surface area contributed by atoms with Crippen LogP contribution in [0.4, 0.5) is 4.39 Å². The van der Waals surface area contributed by atoms with Crippen LogP contribution in [0, 0.1) is 12.7 Å². The summed E-state index contributed by atoms with van der Waals surface area (Å²) in [5, 5.41) is 0. The van der Waals surface area contributed by atoms with Gasteiger partial charge in [-0.1, -0.05) is 44.2 Å². The van der Waals surface area contributed by atoms with Crippen molar-refractivity contribution < 1.29 is 14.0 Å². The number of aromatic nitrogens is 1. The SMILES string of the molecule is C1CCCC1.Cc1ccc(C(N)=O)cc1F.NC(=O)c1ccc(-n2ccccc2=O)cc1. The van der Waals surface area contributed by atoms with Gasteiger partial charge in [0.1, 0.15) is 5.82 Å². The van der Waals surface area contributed by atoms with E-state index < -0.39 is 17.6 Å². The number of aryl methyl sites for hydroxylation is 1. The van der Waals surface area contributed by atoms with Gasteiger partial charge in [-0.2, -0.15) is 0 Å². The normalized spacial score (nSPS) is 12.1. The molecule has 1 aromatic heterocycles. The zero-order valence-electron chi connectivity index (χ0n) is 18.1. The van der Waals surface area contributed by atoms with E-state index in [0.717, 1.165) is 6.07 Å². The van der Waals surface area contributed by atoms with E-state index in [2.05, 4.69) is 0 Å². The molecule has 4 rings (SSSR count). The number of primary amides is 2. The van der Waals surface area contributed by atoms with Crippen LogP contribution in [-0.4, -0.2) is 16.4 Å². The lowest BCUT2D eigenvalue weighted by molar-refractivity contribution is 0.0991. The van der Waals surface area contributed by atoms with E-state index in [1.165, 1.54) is 54.9 Å². The number of hydrogen-bond donors (Lipinski definition) is 2. The molecular formula is C25H28FN3O3. The molecule has 3 aromatic rings. The Labute approximate surface area is 186 Å². The molecule has 0 unspecified atom stereocenters. The van der Waals surface area contributed by atoms with Crippen molar-refractivity contribution in [2.45, 2.75) is 39.0 Å². The van der Waals surface area contributed by atoms with E-state index in [-0.39, 0.29) is 11.1 Å². The number of rotatable bonds is 3. The fourth-order valence-corrected chi connectivity index (χ4v) is 3.06. The second-order valence-corrected chi connectivity index (χ2v) is 7.42. The van der Waals surface area contributed by atoms with Crippen LogP contribution in [0.25, 0.3) is 5.69 Å². The predicted octanol–water partition coefficient (Wildman–Crippen LogP) is 4.12. The lowest BCUT2D eigenvalue weighted by atomic mass is 10.1. The standard InChI is InChI=1S/C12H10N2O2.C8H8FNO.C5H10/c13-12(16)9-4-6-10(7-5-9)14-8-2-1-3-11(14)15;1-5-2-3-6(8(10)11)4-7(5)9;1-2-4-5-3-1/h1-8H,(H2,13,16);2-4H,1H3,(H2,10,11);1-5H2. The Morgan fingerprint density at radius 1 is 0.812 bits per heavy atom. The van der Waals surface area contributed by atoms with Gasteiger partial charge in [0.15, 0.2) is 0 Å². The third-order valence-corrected chi connectivity index (χ3v) is 4.96. The van der Waals surface area contributed by atoms with Gasteiger partial charge in [0.25, 0.3) is 5.56 Å². The number of hydrogen-bond acceptors (Lipinski definition) is 3. The zero-order valence-corrected chi connectivity index (χ0v) is 18.1. The largest absolute Gasteiger partial charge is 0.366 e. The summed E-state index contributed by atoms with van der Waals surface area (Å²) < 4.78 is 14.2. The molecule has 0 aliphatic heterocycles. The van der Waals surface area contributed by atoms with Crippen LogP contribution >= 0.6 is 0 Å². The molecule has 1 aliphatic rings. The number of carbonyl (C=O) groups excluding carboxylic acids is 2. The van der Waals surface area contributed by atoms with Crippen molar-refractivity contribution in [2.75, 3.05) is 0 Å². The Morgan fingerprint density at radius 2 is 1.34 bits per heavy atom. The monoisotopic (exact) mass is 437 g/mol. The molecule has 6 nitrogen and oxygen atoms in total. The van der Waals surface area contributed by atoms with Gasteiger partial charge in [-0.05, 0) is 55.0 Å². The van der Waals surface area contributed by atoms with E-state index in [9.17, 15) is 18.8 Å². The van der Waals surface area contributed by atoms with E-state index in [0.29, 0.717) is 16.8 Å². The summed E-state index contributed by atoms with van der Waals surface area (Å²) in [6, 6.07) is 15.6. The van der Waals surface area contributed by atoms with E-state index in [1.807, 2.05) is 0 Å². The Kier molecular flexibility index (Phi) is 9.35. The summed E-state index contributed by atoms with van der Waals surface area (Å²) in [4.78, 5) is 32.9. The Morgan fingerprint density at radius 3 is 1.81 bits per heavy atom. The molecule has 1 heterocycles. The lowest BCUT2D eigenvalue weighted by Gasteiger charge is -2.04. The summed E-state index contributed by atoms with van der Waals surface area (Å²) in [5.74, 6) is -1.49. The molecule has 0 radical (unpaired) electrons. The number of halogens is 1. The second kappa shape index (κ2) is 12.2. The lowest BCUT2D eigenvalue weighted by Crippen LogP contribution is -2.16. The van der Waals surface area contributed by atoms with Crippen molar-refractivity contribution in [3.63, 3.8) is 0 Å². The second-order valence-electron chi connectivity index (χ2n) is 7.42. The topological polar surface area (TPSA) is 108 Å². The van der Waals surface area contributed by atoms with Gasteiger partial charge in [0, 0.05) is 29.1 Å². The summed E-state index contributed by atoms with van der Waals surface area (Å²) in [6.07, 6.45) is 9.17. The van der Waals surface area contributed by atoms with Crippen LogP contribution < -0.4 is 17.0 Å². The fraction of sp³-hybridized carbons (Fsp3) is 0.240. The van der Waals surface area contributed by atoms with Gasteiger partial charge < -0.3 is 11.5 Å². The van der Waals surface area contributed by atoms with Gasteiger partial charge in [-0.3, -0.25) is 19.0 Å². The highest BCUT2D eigenvalue weighted by atomic mass is 19.1. The van der Waals surface area contributed by atoms with E-state index >= 15 is 0 Å². The summed E-state index contributed by atoms with van der Waals surface area (Å²) in [7, 11) is 0. The summed E-state index contributed by atoms with van der Waals surface area (Å²) >= 11 is 0. The minimum Gasteiger partial charge on any atom is -0.366 e. The zero-order chi connectivity index (χ0) is 23.5. The Balaban J connectivity index is 0.000000195. The average Bonchev–Trinajstić information content (AvgIpc) is 3.37. The van der Waals surface area contributed by atoms with Crippen molar-refractivity contribution in [3.05, 3.63) is 99.7 Å². The smallest absolute Gasteiger partial charge is 0.255 e. The molecule has 0 spiro atoms. The van der Waals surface area contributed by atoms with Crippen molar-refractivity contribution in [1.29, 1.82) is 0 Å². The third kappa shape index (κ3) is 7.50. The quantitative estimate of drug-likeness (QED) is 0.643. The molecule has 1 aliphatic carbocycles. The molecular weight excluding hydrogens is 409 g/mol. The van der Waals surface area contributed by atoms with Crippen molar-refractivity contribution in [2.24, 2.45) is 11.5 Å². The van der Waals surface area contributed by atoms with Crippen LogP contribution in [0.5, 0.6) is 0 Å². The summed E-state index contributed by atoms with van der Waals surface area (Å²) in [5.41, 5.74) is 11.8. The molecule has 7 heteroatoms. The van der Waals surface area contributed by atoms with Crippen LogP contribution in [0.15, 0.2) is 71.7 Å². The van der Waals surface area contributed by atoms with Gasteiger partial charge in [0.05, 0.1) is 0 Å². The average molecular weight is 438 g/mol. The number of carbonyl (C=O) groups is 2. The van der Waals surface area contributed by atoms with Crippen molar-refractivity contribution in [3.8, 4) is 5.69 Å². The molecule has 2 aromatic carbocycles. The first kappa shape index (κ1) is 24.5. The molecule has 4 N–H and O–H groups in total. The summed E-state index contributed by atoms with van der Waals surface area (Å²) in [6.45, 7) is 1.63. The van der Waals surface area contributed by atoms with Gasteiger partial charge >= 0.3 is 0 Å². The van der Waals surface area contributed by atoms with Crippen molar-refractivity contribution >= 4 is 11.8 Å². The maximum atomic E-state index is 12.7. The first-order chi connectivity index (χ1) is 15.3. The highest BCUT2D eigenvalue weighted by Gasteiger charge is 2.03. The van der Waals surface area contributed by atoms with Crippen LogP contribution in [0.3, 0.4) is 0 Å². The highest BCUT2D eigenvalue weighted by Crippen LogP contribution is 2.15. The van der Waals surface area contributed by atoms with Crippen molar-refractivity contribution in [1.82, 2.24) is 4.57 Å². The van der Waals surface area contributed by atoms with Crippen LogP contribution in [0.1, 0.15) is 58.4 Å². The molecule has 0 bridgehead atoms. The number of benzene rings is 2. The minimum atomic E-state index is -0.608. The molecule has 2 amide bonds. The number of nitrogens with two attached hydrogens (primary N) is 2. The van der Waals surface area contributed by atoms with Crippen LogP contribution in [-0.2, 0) is 0 Å². The molecule has 0 saturated heterocycles. The fourth-order valence-electron chi connectivity index (χ4n) is 3.06. The Hall–Kier alpha value is -3.74. The maximum Gasteiger partial charge on any atom is 0.255 e.